The molecule has 0 amide bonds. The van der Waals surface area contributed by atoms with Crippen molar-refractivity contribution in [1.82, 2.24) is 0 Å². The maximum absolute atomic E-state index is 11.4. The third-order valence-corrected chi connectivity index (χ3v) is 3.62. The molecule has 2 aromatic rings. The summed E-state index contributed by atoms with van der Waals surface area (Å²) in [6.45, 7) is 0.622. The van der Waals surface area contributed by atoms with Crippen LogP contribution in [0.25, 0.3) is 10.8 Å². The van der Waals surface area contributed by atoms with Crippen molar-refractivity contribution in [1.29, 1.82) is 0 Å². The van der Waals surface area contributed by atoms with Crippen LogP contribution in [0.1, 0.15) is 5.56 Å². The molecule has 92 valence electrons. The number of rotatable bonds is 3. The minimum absolute atomic E-state index is 0.311. The average Bonchev–Trinajstić information content (AvgIpc) is 2.33. The Morgan fingerprint density at radius 1 is 1.17 bits per heavy atom. The van der Waals surface area contributed by atoms with E-state index in [1.807, 2.05) is 42.5 Å². The summed E-state index contributed by atoms with van der Waals surface area (Å²) in [5.74, 6) is -0.762. The Morgan fingerprint density at radius 2 is 1.89 bits per heavy atom. The van der Waals surface area contributed by atoms with E-state index in [2.05, 4.69) is 0 Å². The van der Waals surface area contributed by atoms with Gasteiger partial charge in [-0.2, -0.15) is 0 Å². The monoisotopic (exact) mass is 242 g/mol. The Balaban J connectivity index is 2.02. The van der Waals surface area contributed by atoms with Crippen LogP contribution in [0.5, 0.6) is 0 Å². The van der Waals surface area contributed by atoms with Crippen LogP contribution >= 0.6 is 0 Å². The normalized spacial score (nSPS) is 17.3. The van der Waals surface area contributed by atoms with Gasteiger partial charge < -0.3 is 9.84 Å². The quantitative estimate of drug-likeness (QED) is 0.899. The zero-order chi connectivity index (χ0) is 12.6. The summed E-state index contributed by atoms with van der Waals surface area (Å²) >= 11 is 0. The number of fused-ring (bicyclic) bond motifs is 1. The highest BCUT2D eigenvalue weighted by atomic mass is 16.5. The Bertz CT molecular complexity index is 594. The first-order chi connectivity index (χ1) is 8.71. The highest BCUT2D eigenvalue weighted by Crippen LogP contribution is 2.34. The second-order valence-corrected chi connectivity index (χ2v) is 4.89. The Kier molecular flexibility index (Phi) is 2.56. The SMILES string of the molecule is O=C(O)C1(Cc2cccc3ccccc23)COC1. The highest BCUT2D eigenvalue weighted by molar-refractivity contribution is 5.86. The molecule has 0 saturated carbocycles. The first-order valence-electron chi connectivity index (χ1n) is 5.99. The molecule has 0 radical (unpaired) electrons. The standard InChI is InChI=1S/C15H14O3/c16-14(17)15(9-18-10-15)8-12-6-3-5-11-4-1-2-7-13(11)12/h1-7H,8-10H2,(H,16,17). The van der Waals surface area contributed by atoms with Gasteiger partial charge in [0.05, 0.1) is 13.2 Å². The van der Waals surface area contributed by atoms with Gasteiger partial charge >= 0.3 is 5.97 Å². The van der Waals surface area contributed by atoms with E-state index in [1.165, 1.54) is 0 Å². The minimum atomic E-state index is -0.762. The largest absolute Gasteiger partial charge is 0.481 e. The summed E-state index contributed by atoms with van der Waals surface area (Å²) in [4.78, 5) is 11.4. The first-order valence-corrected chi connectivity index (χ1v) is 5.99. The van der Waals surface area contributed by atoms with Crippen molar-refractivity contribution in [3.63, 3.8) is 0 Å². The van der Waals surface area contributed by atoms with Gasteiger partial charge in [0.1, 0.15) is 5.41 Å². The molecule has 0 bridgehead atoms. The van der Waals surface area contributed by atoms with Crippen LogP contribution in [0.4, 0.5) is 0 Å². The fourth-order valence-electron chi connectivity index (χ4n) is 2.46. The van der Waals surface area contributed by atoms with E-state index in [1.54, 1.807) is 0 Å². The molecule has 1 N–H and O–H groups in total. The van der Waals surface area contributed by atoms with Gasteiger partial charge in [0, 0.05) is 0 Å². The molecule has 3 heteroatoms. The summed E-state index contributed by atoms with van der Waals surface area (Å²) in [6.07, 6.45) is 0.531. The van der Waals surface area contributed by atoms with Crippen molar-refractivity contribution >= 4 is 16.7 Å². The third kappa shape index (κ3) is 1.68. The van der Waals surface area contributed by atoms with Crippen LogP contribution in [0.2, 0.25) is 0 Å². The minimum Gasteiger partial charge on any atom is -0.481 e. The van der Waals surface area contributed by atoms with E-state index in [0.717, 1.165) is 16.3 Å². The van der Waals surface area contributed by atoms with E-state index in [-0.39, 0.29) is 0 Å². The Morgan fingerprint density at radius 3 is 2.56 bits per heavy atom. The molecule has 3 nitrogen and oxygen atoms in total. The van der Waals surface area contributed by atoms with Crippen molar-refractivity contribution in [3.8, 4) is 0 Å². The molecule has 0 spiro atoms. The molecule has 0 aliphatic carbocycles. The molecule has 1 fully saturated rings. The topological polar surface area (TPSA) is 46.5 Å². The van der Waals surface area contributed by atoms with Crippen LogP contribution < -0.4 is 0 Å². The molecule has 0 aromatic heterocycles. The van der Waals surface area contributed by atoms with Gasteiger partial charge in [0.2, 0.25) is 0 Å². The van der Waals surface area contributed by atoms with Gasteiger partial charge in [-0.1, -0.05) is 42.5 Å². The number of hydrogen-bond acceptors (Lipinski definition) is 2. The molecular formula is C15H14O3. The lowest BCUT2D eigenvalue weighted by Gasteiger charge is -2.37. The maximum Gasteiger partial charge on any atom is 0.314 e. The number of benzene rings is 2. The van der Waals surface area contributed by atoms with Crippen molar-refractivity contribution < 1.29 is 14.6 Å². The van der Waals surface area contributed by atoms with Crippen LogP contribution in [0.3, 0.4) is 0 Å². The molecule has 1 aliphatic rings. The molecule has 0 unspecified atom stereocenters. The fourth-order valence-corrected chi connectivity index (χ4v) is 2.46. The number of carboxylic acids is 1. The summed E-state index contributed by atoms with van der Waals surface area (Å²) in [6, 6.07) is 14.1. The lowest BCUT2D eigenvalue weighted by atomic mass is 9.79. The molecule has 1 aliphatic heterocycles. The number of carbonyl (C=O) groups is 1. The highest BCUT2D eigenvalue weighted by Gasteiger charge is 2.46. The molecule has 3 rings (SSSR count). The van der Waals surface area contributed by atoms with Gasteiger partial charge in [-0.3, -0.25) is 4.79 Å². The lowest BCUT2D eigenvalue weighted by molar-refractivity contribution is -0.179. The molecule has 2 aromatic carbocycles. The second-order valence-electron chi connectivity index (χ2n) is 4.89. The van der Waals surface area contributed by atoms with Gasteiger partial charge in [0.25, 0.3) is 0 Å². The maximum atomic E-state index is 11.4. The number of aliphatic carboxylic acids is 1. The van der Waals surface area contributed by atoms with E-state index in [4.69, 9.17) is 4.74 Å². The van der Waals surface area contributed by atoms with Crippen LogP contribution in [0.15, 0.2) is 42.5 Å². The van der Waals surface area contributed by atoms with Crippen LogP contribution in [-0.4, -0.2) is 24.3 Å². The second kappa shape index (κ2) is 4.10. The molecule has 0 atom stereocenters. The van der Waals surface area contributed by atoms with Gasteiger partial charge in [-0.05, 0) is 22.8 Å². The zero-order valence-corrected chi connectivity index (χ0v) is 9.93. The molecular weight excluding hydrogens is 228 g/mol. The molecule has 18 heavy (non-hydrogen) atoms. The number of carboxylic acid groups (broad SMARTS) is 1. The van der Waals surface area contributed by atoms with E-state index >= 15 is 0 Å². The lowest BCUT2D eigenvalue weighted by Crippen LogP contribution is -2.50. The molecule has 1 heterocycles. The smallest absolute Gasteiger partial charge is 0.314 e. The van der Waals surface area contributed by atoms with Crippen molar-refractivity contribution in [2.24, 2.45) is 5.41 Å². The predicted molar refractivity (Wildman–Crippen MR) is 68.5 cm³/mol. The third-order valence-electron chi connectivity index (χ3n) is 3.62. The zero-order valence-electron chi connectivity index (χ0n) is 9.93. The van der Waals surface area contributed by atoms with Crippen molar-refractivity contribution in [2.75, 3.05) is 13.2 Å². The van der Waals surface area contributed by atoms with E-state index < -0.39 is 11.4 Å². The summed E-state index contributed by atoms with van der Waals surface area (Å²) in [5.41, 5.74) is 0.350. The first kappa shape index (κ1) is 11.2. The van der Waals surface area contributed by atoms with Crippen molar-refractivity contribution in [2.45, 2.75) is 6.42 Å². The predicted octanol–water partition coefficient (Wildman–Crippen LogP) is 2.48. The van der Waals surface area contributed by atoms with Gasteiger partial charge in [0.15, 0.2) is 0 Å². The average molecular weight is 242 g/mol. The number of ether oxygens (including phenoxy) is 1. The van der Waals surface area contributed by atoms with Crippen molar-refractivity contribution in [3.05, 3.63) is 48.0 Å². The van der Waals surface area contributed by atoms with E-state index in [9.17, 15) is 9.90 Å². The van der Waals surface area contributed by atoms with Crippen LogP contribution in [0, 0.1) is 5.41 Å². The summed E-state index contributed by atoms with van der Waals surface area (Å²) < 4.78 is 5.10. The Hall–Kier alpha value is -1.87. The van der Waals surface area contributed by atoms with E-state index in [0.29, 0.717) is 19.6 Å². The summed E-state index contributed by atoms with van der Waals surface area (Å²) in [5, 5.41) is 11.6. The molecule has 1 saturated heterocycles. The Labute approximate surface area is 105 Å². The fraction of sp³-hybridized carbons (Fsp3) is 0.267. The van der Waals surface area contributed by atoms with Gasteiger partial charge in [-0.15, -0.1) is 0 Å². The summed E-state index contributed by atoms with van der Waals surface area (Å²) in [7, 11) is 0. The van der Waals surface area contributed by atoms with Gasteiger partial charge in [-0.25, -0.2) is 0 Å². The number of hydrogen-bond donors (Lipinski definition) is 1. The van der Waals surface area contributed by atoms with Crippen LogP contribution in [-0.2, 0) is 16.0 Å².